The van der Waals surface area contributed by atoms with Crippen molar-refractivity contribution >= 4 is 11.6 Å². The van der Waals surface area contributed by atoms with Crippen molar-refractivity contribution in [2.75, 3.05) is 57.5 Å². The maximum Gasteiger partial charge on any atom is 0.134 e. The zero-order valence-corrected chi connectivity index (χ0v) is 12.1. The molecule has 1 atom stereocenters. The summed E-state index contributed by atoms with van der Waals surface area (Å²) in [6.07, 6.45) is 2.80. The highest BCUT2D eigenvalue weighted by Crippen LogP contribution is 2.17. The first-order valence-electron chi connectivity index (χ1n) is 6.81. The molecule has 1 fully saturated rings. The molecular formula is C13H24N6. The molecule has 19 heavy (non-hydrogen) atoms. The summed E-state index contributed by atoms with van der Waals surface area (Å²) in [5.41, 5.74) is 0. The van der Waals surface area contributed by atoms with E-state index in [-0.39, 0.29) is 0 Å². The largest absolute Gasteiger partial charge is 0.369 e. The average molecular weight is 264 g/mol. The molecule has 106 valence electrons. The SMILES string of the molecule is CN(C)CCNc1cc(N(C)C2CCNC2)ncn1. The molecule has 0 bridgehead atoms. The van der Waals surface area contributed by atoms with E-state index in [4.69, 9.17) is 0 Å². The van der Waals surface area contributed by atoms with Gasteiger partial charge in [-0.3, -0.25) is 0 Å². The minimum absolute atomic E-state index is 0.532. The first-order chi connectivity index (χ1) is 9.16. The van der Waals surface area contributed by atoms with Gasteiger partial charge in [0.15, 0.2) is 0 Å². The second-order valence-electron chi connectivity index (χ2n) is 5.25. The third kappa shape index (κ3) is 4.04. The fourth-order valence-electron chi connectivity index (χ4n) is 2.20. The Kier molecular flexibility index (Phi) is 4.93. The van der Waals surface area contributed by atoms with Gasteiger partial charge >= 0.3 is 0 Å². The molecule has 1 saturated heterocycles. The summed E-state index contributed by atoms with van der Waals surface area (Å²) in [6.45, 7) is 4.00. The number of anilines is 2. The van der Waals surface area contributed by atoms with E-state index >= 15 is 0 Å². The molecule has 6 nitrogen and oxygen atoms in total. The minimum atomic E-state index is 0.532. The molecule has 1 aliphatic rings. The fourth-order valence-corrected chi connectivity index (χ4v) is 2.20. The highest BCUT2D eigenvalue weighted by molar-refractivity contribution is 5.48. The van der Waals surface area contributed by atoms with E-state index in [1.54, 1.807) is 6.33 Å². The quantitative estimate of drug-likeness (QED) is 0.768. The smallest absolute Gasteiger partial charge is 0.134 e. The molecule has 1 unspecified atom stereocenters. The van der Waals surface area contributed by atoms with E-state index in [0.29, 0.717) is 6.04 Å². The number of hydrogen-bond acceptors (Lipinski definition) is 6. The number of hydrogen-bond donors (Lipinski definition) is 2. The lowest BCUT2D eigenvalue weighted by Crippen LogP contribution is -2.34. The summed E-state index contributed by atoms with van der Waals surface area (Å²) in [5.74, 6) is 1.88. The lowest BCUT2D eigenvalue weighted by Gasteiger charge is -2.25. The molecule has 0 radical (unpaired) electrons. The molecule has 0 saturated carbocycles. The Morgan fingerprint density at radius 1 is 1.37 bits per heavy atom. The van der Waals surface area contributed by atoms with E-state index in [1.165, 1.54) is 6.42 Å². The Labute approximate surface area is 115 Å². The van der Waals surface area contributed by atoms with Crippen LogP contribution in [0.3, 0.4) is 0 Å². The molecule has 0 aromatic carbocycles. The van der Waals surface area contributed by atoms with Crippen molar-refractivity contribution in [3.63, 3.8) is 0 Å². The molecule has 2 rings (SSSR count). The van der Waals surface area contributed by atoms with Crippen LogP contribution < -0.4 is 15.5 Å². The normalized spacial score (nSPS) is 18.8. The summed E-state index contributed by atoms with van der Waals surface area (Å²) < 4.78 is 0. The van der Waals surface area contributed by atoms with Crippen LogP contribution in [0.4, 0.5) is 11.6 Å². The Hall–Kier alpha value is -1.40. The van der Waals surface area contributed by atoms with Gasteiger partial charge in [-0.05, 0) is 27.1 Å². The van der Waals surface area contributed by atoms with Crippen molar-refractivity contribution in [2.45, 2.75) is 12.5 Å². The average Bonchev–Trinajstić information content (AvgIpc) is 2.91. The highest BCUT2D eigenvalue weighted by atomic mass is 15.2. The Balaban J connectivity index is 1.94. The molecule has 2 N–H and O–H groups in total. The van der Waals surface area contributed by atoms with Gasteiger partial charge in [-0.2, -0.15) is 0 Å². The third-order valence-corrected chi connectivity index (χ3v) is 3.46. The Bertz CT molecular complexity index is 388. The van der Waals surface area contributed by atoms with Crippen molar-refractivity contribution in [3.8, 4) is 0 Å². The van der Waals surface area contributed by atoms with Crippen molar-refractivity contribution < 1.29 is 0 Å². The lowest BCUT2D eigenvalue weighted by atomic mass is 10.2. The number of aromatic nitrogens is 2. The predicted molar refractivity (Wildman–Crippen MR) is 78.8 cm³/mol. The van der Waals surface area contributed by atoms with Gasteiger partial charge in [0.1, 0.15) is 18.0 Å². The summed E-state index contributed by atoms with van der Waals surface area (Å²) in [6, 6.07) is 2.55. The van der Waals surface area contributed by atoms with Crippen LogP contribution in [0.15, 0.2) is 12.4 Å². The molecule has 1 aromatic rings. The summed E-state index contributed by atoms with van der Waals surface area (Å²) in [4.78, 5) is 13.0. The number of nitrogens with one attached hydrogen (secondary N) is 2. The maximum absolute atomic E-state index is 4.36. The molecule has 2 heterocycles. The molecule has 1 aromatic heterocycles. The zero-order valence-electron chi connectivity index (χ0n) is 12.1. The second-order valence-corrected chi connectivity index (χ2v) is 5.25. The second kappa shape index (κ2) is 6.68. The maximum atomic E-state index is 4.36. The van der Waals surface area contributed by atoms with Crippen LogP contribution in [0.5, 0.6) is 0 Å². The van der Waals surface area contributed by atoms with Crippen LogP contribution >= 0.6 is 0 Å². The van der Waals surface area contributed by atoms with Gasteiger partial charge in [-0.1, -0.05) is 0 Å². The molecule has 6 heteroatoms. The molecular weight excluding hydrogens is 240 g/mol. The lowest BCUT2D eigenvalue weighted by molar-refractivity contribution is 0.425. The number of nitrogens with zero attached hydrogens (tertiary/aromatic N) is 4. The molecule has 0 aliphatic carbocycles. The zero-order chi connectivity index (χ0) is 13.7. The monoisotopic (exact) mass is 264 g/mol. The van der Waals surface area contributed by atoms with Gasteiger partial charge in [0.05, 0.1) is 0 Å². The minimum Gasteiger partial charge on any atom is -0.369 e. The van der Waals surface area contributed by atoms with Gasteiger partial charge in [0.2, 0.25) is 0 Å². The van der Waals surface area contributed by atoms with E-state index in [9.17, 15) is 0 Å². The molecule has 0 amide bonds. The van der Waals surface area contributed by atoms with E-state index in [1.807, 2.05) is 6.07 Å². The fraction of sp³-hybridized carbons (Fsp3) is 0.692. The van der Waals surface area contributed by atoms with E-state index in [2.05, 4.69) is 51.5 Å². The van der Waals surface area contributed by atoms with Crippen molar-refractivity contribution in [1.82, 2.24) is 20.2 Å². The van der Waals surface area contributed by atoms with Crippen LogP contribution in [0, 0.1) is 0 Å². The van der Waals surface area contributed by atoms with Crippen LogP contribution in [0.25, 0.3) is 0 Å². The highest BCUT2D eigenvalue weighted by Gasteiger charge is 2.20. The Morgan fingerprint density at radius 2 is 2.21 bits per heavy atom. The summed E-state index contributed by atoms with van der Waals surface area (Å²) in [5, 5.41) is 6.70. The van der Waals surface area contributed by atoms with Gasteiger partial charge in [-0.15, -0.1) is 0 Å². The topological polar surface area (TPSA) is 56.3 Å². The van der Waals surface area contributed by atoms with E-state index in [0.717, 1.165) is 37.8 Å². The number of likely N-dealkylation sites (N-methyl/N-ethyl adjacent to an activating group) is 2. The first kappa shape index (κ1) is 14.0. The summed E-state index contributed by atoms with van der Waals surface area (Å²) in [7, 11) is 6.23. The first-order valence-corrected chi connectivity index (χ1v) is 6.81. The van der Waals surface area contributed by atoms with Crippen LogP contribution in [-0.2, 0) is 0 Å². The van der Waals surface area contributed by atoms with Gasteiger partial charge < -0.3 is 20.4 Å². The summed E-state index contributed by atoms with van der Waals surface area (Å²) >= 11 is 0. The predicted octanol–water partition coefficient (Wildman–Crippen LogP) is 0.248. The molecule has 1 aliphatic heterocycles. The van der Waals surface area contributed by atoms with Crippen molar-refractivity contribution in [3.05, 3.63) is 12.4 Å². The molecule has 0 spiro atoms. The van der Waals surface area contributed by atoms with Crippen molar-refractivity contribution in [2.24, 2.45) is 0 Å². The van der Waals surface area contributed by atoms with Crippen LogP contribution in [0.2, 0.25) is 0 Å². The van der Waals surface area contributed by atoms with Gasteiger partial charge in [0.25, 0.3) is 0 Å². The van der Waals surface area contributed by atoms with Gasteiger partial charge in [0, 0.05) is 38.8 Å². The van der Waals surface area contributed by atoms with Crippen LogP contribution in [0.1, 0.15) is 6.42 Å². The third-order valence-electron chi connectivity index (χ3n) is 3.46. The van der Waals surface area contributed by atoms with Gasteiger partial charge in [-0.25, -0.2) is 9.97 Å². The standard InChI is InChI=1S/C13H24N6/c1-18(2)7-6-15-12-8-13(17-10-16-12)19(3)11-4-5-14-9-11/h8,10-11,14H,4-7,9H2,1-3H3,(H,15,16,17). The van der Waals surface area contributed by atoms with Crippen molar-refractivity contribution in [1.29, 1.82) is 0 Å². The Morgan fingerprint density at radius 3 is 2.89 bits per heavy atom. The van der Waals surface area contributed by atoms with Crippen LogP contribution in [-0.4, -0.2) is 68.2 Å². The van der Waals surface area contributed by atoms with E-state index < -0.39 is 0 Å². The number of rotatable bonds is 6.